The number of thioether (sulfide) groups is 1. The molecule has 0 spiro atoms. The van der Waals surface area contributed by atoms with Gasteiger partial charge in [-0.05, 0) is 60.6 Å². The van der Waals surface area contributed by atoms with Crippen LogP contribution in [0.3, 0.4) is 0 Å². The number of methoxy groups -OCH3 is 1. The largest absolute Gasteiger partial charge is 0.495 e. The molecule has 0 aromatic heterocycles. The second-order valence-corrected chi connectivity index (χ2v) is 9.36. The maximum Gasteiger partial charge on any atom is 0.244 e. The smallest absolute Gasteiger partial charge is 0.244 e. The number of sulfonamides is 1. The van der Waals surface area contributed by atoms with E-state index in [1.807, 2.05) is 6.07 Å². The van der Waals surface area contributed by atoms with Gasteiger partial charge in [0.15, 0.2) is 0 Å². The third-order valence-corrected chi connectivity index (χ3v) is 7.16. The average molecular weight is 410 g/mol. The summed E-state index contributed by atoms with van der Waals surface area (Å²) in [5.74, 6) is 1.23. The fourth-order valence-electron chi connectivity index (χ4n) is 3.23. The van der Waals surface area contributed by atoms with Crippen LogP contribution in [-0.4, -0.2) is 27.8 Å². The molecule has 0 aliphatic heterocycles. The molecule has 2 aromatic rings. The zero-order valence-electron chi connectivity index (χ0n) is 15.3. The highest BCUT2D eigenvalue weighted by Gasteiger charge is 2.22. The molecule has 0 saturated heterocycles. The summed E-state index contributed by atoms with van der Waals surface area (Å²) < 4.78 is 47.0. The highest BCUT2D eigenvalue weighted by molar-refractivity contribution is 7.98. The molecular weight excluding hydrogens is 385 g/mol. The molecule has 1 N–H and O–H groups in total. The van der Waals surface area contributed by atoms with Gasteiger partial charge >= 0.3 is 0 Å². The van der Waals surface area contributed by atoms with Gasteiger partial charge in [0.25, 0.3) is 0 Å². The normalized spacial score (nSPS) is 14.0. The standard InChI is InChI=1S/C20H24FNO3S2/c1-25-19-12-15-6-2-3-7-16(15)13-20(19)27(23,24)22-10-11-26-14-17-8-4-5-9-18(17)21/h4-5,8-9,12-13,22H,2-3,6-7,10-11,14H2,1H3. The van der Waals surface area contributed by atoms with Gasteiger partial charge < -0.3 is 4.74 Å². The Morgan fingerprint density at radius 1 is 1.15 bits per heavy atom. The van der Waals surface area contributed by atoms with Crippen LogP contribution in [0.25, 0.3) is 0 Å². The van der Waals surface area contributed by atoms with Crippen molar-refractivity contribution in [2.75, 3.05) is 19.4 Å². The minimum Gasteiger partial charge on any atom is -0.495 e. The predicted octanol–water partition coefficient (Wildman–Crippen LogP) is 3.92. The molecule has 1 aliphatic carbocycles. The number of aryl methyl sites for hydroxylation is 2. The number of rotatable bonds is 8. The molecule has 7 heteroatoms. The van der Waals surface area contributed by atoms with Crippen LogP contribution in [0, 0.1) is 5.82 Å². The molecule has 2 aromatic carbocycles. The van der Waals surface area contributed by atoms with Gasteiger partial charge in [-0.1, -0.05) is 18.2 Å². The number of hydrogen-bond donors (Lipinski definition) is 1. The summed E-state index contributed by atoms with van der Waals surface area (Å²) >= 11 is 1.49. The maximum absolute atomic E-state index is 13.6. The quantitative estimate of drug-likeness (QED) is 0.672. The first-order valence-electron chi connectivity index (χ1n) is 9.02. The van der Waals surface area contributed by atoms with E-state index in [-0.39, 0.29) is 17.3 Å². The molecule has 146 valence electrons. The van der Waals surface area contributed by atoms with Crippen LogP contribution < -0.4 is 9.46 Å². The van der Waals surface area contributed by atoms with E-state index in [0.717, 1.165) is 31.2 Å². The van der Waals surface area contributed by atoms with Gasteiger partial charge in [-0.2, -0.15) is 11.8 Å². The minimum atomic E-state index is -3.65. The summed E-state index contributed by atoms with van der Waals surface area (Å²) in [6.07, 6.45) is 4.07. The van der Waals surface area contributed by atoms with E-state index in [1.165, 1.54) is 30.5 Å². The molecule has 0 heterocycles. The lowest BCUT2D eigenvalue weighted by Crippen LogP contribution is -2.27. The molecule has 27 heavy (non-hydrogen) atoms. The number of halogens is 1. The summed E-state index contributed by atoms with van der Waals surface area (Å²) in [4.78, 5) is 0.199. The summed E-state index contributed by atoms with van der Waals surface area (Å²) in [7, 11) is -2.16. The van der Waals surface area contributed by atoms with E-state index in [4.69, 9.17) is 4.74 Å². The third kappa shape index (κ3) is 5.03. The van der Waals surface area contributed by atoms with Crippen molar-refractivity contribution in [2.24, 2.45) is 0 Å². The van der Waals surface area contributed by atoms with Crippen molar-refractivity contribution in [3.63, 3.8) is 0 Å². The van der Waals surface area contributed by atoms with Crippen LogP contribution >= 0.6 is 11.8 Å². The molecule has 0 bridgehead atoms. The fourth-order valence-corrected chi connectivity index (χ4v) is 5.44. The van der Waals surface area contributed by atoms with Crippen molar-refractivity contribution < 1.29 is 17.5 Å². The molecule has 0 fully saturated rings. The Morgan fingerprint density at radius 3 is 2.56 bits per heavy atom. The summed E-state index contributed by atoms with van der Waals surface area (Å²) in [5, 5.41) is 0. The molecule has 0 unspecified atom stereocenters. The number of fused-ring (bicyclic) bond motifs is 1. The van der Waals surface area contributed by atoms with E-state index < -0.39 is 10.0 Å². The first-order chi connectivity index (χ1) is 13.0. The van der Waals surface area contributed by atoms with Gasteiger partial charge in [0, 0.05) is 18.1 Å². The number of ether oxygens (including phenoxy) is 1. The van der Waals surface area contributed by atoms with Crippen LogP contribution in [0.4, 0.5) is 4.39 Å². The van der Waals surface area contributed by atoms with Gasteiger partial charge in [0.05, 0.1) is 7.11 Å². The third-order valence-electron chi connectivity index (χ3n) is 4.67. The van der Waals surface area contributed by atoms with E-state index >= 15 is 0 Å². The Balaban J connectivity index is 1.60. The van der Waals surface area contributed by atoms with Gasteiger partial charge in [0.2, 0.25) is 10.0 Å². The Hall–Kier alpha value is -1.57. The van der Waals surface area contributed by atoms with Gasteiger partial charge in [0.1, 0.15) is 16.5 Å². The van der Waals surface area contributed by atoms with Crippen molar-refractivity contribution in [1.82, 2.24) is 4.72 Å². The molecule has 0 amide bonds. The topological polar surface area (TPSA) is 55.4 Å². The molecule has 1 aliphatic rings. The number of benzene rings is 2. The Kier molecular flexibility index (Phi) is 6.78. The summed E-state index contributed by atoms with van der Waals surface area (Å²) in [6.45, 7) is 0.279. The highest BCUT2D eigenvalue weighted by Crippen LogP contribution is 2.31. The van der Waals surface area contributed by atoms with Crippen molar-refractivity contribution in [1.29, 1.82) is 0 Å². The number of nitrogens with one attached hydrogen (secondary N) is 1. The van der Waals surface area contributed by atoms with Gasteiger partial charge in [-0.25, -0.2) is 17.5 Å². The van der Waals surface area contributed by atoms with Crippen LogP contribution in [0.2, 0.25) is 0 Å². The fraction of sp³-hybridized carbons (Fsp3) is 0.400. The lowest BCUT2D eigenvalue weighted by Gasteiger charge is -2.19. The predicted molar refractivity (Wildman–Crippen MR) is 107 cm³/mol. The molecule has 0 saturated carbocycles. The van der Waals surface area contributed by atoms with E-state index in [2.05, 4.69) is 4.72 Å². The Bertz CT molecular complexity index is 900. The molecule has 3 rings (SSSR count). The summed E-state index contributed by atoms with van der Waals surface area (Å²) in [5.41, 5.74) is 2.90. The zero-order valence-corrected chi connectivity index (χ0v) is 17.0. The second kappa shape index (κ2) is 9.08. The lowest BCUT2D eigenvalue weighted by molar-refractivity contribution is 0.401. The zero-order chi connectivity index (χ0) is 19.3. The van der Waals surface area contributed by atoms with E-state index in [9.17, 15) is 12.8 Å². The molecule has 0 atom stereocenters. The maximum atomic E-state index is 13.6. The summed E-state index contributed by atoms with van der Waals surface area (Å²) in [6, 6.07) is 10.2. The average Bonchev–Trinajstić information content (AvgIpc) is 2.68. The molecular formula is C20H24FNO3S2. The minimum absolute atomic E-state index is 0.199. The van der Waals surface area contributed by atoms with Gasteiger partial charge in [-0.3, -0.25) is 0 Å². The van der Waals surface area contributed by atoms with Crippen molar-refractivity contribution in [3.8, 4) is 5.75 Å². The van der Waals surface area contributed by atoms with Gasteiger partial charge in [-0.15, -0.1) is 0 Å². The monoisotopic (exact) mass is 409 g/mol. The SMILES string of the molecule is COc1cc2c(cc1S(=O)(=O)NCCSCc1ccccc1F)CCCC2. The first-order valence-corrected chi connectivity index (χ1v) is 11.7. The highest BCUT2D eigenvalue weighted by atomic mass is 32.2. The second-order valence-electron chi connectivity index (χ2n) is 6.52. The van der Waals surface area contributed by atoms with Crippen molar-refractivity contribution in [2.45, 2.75) is 36.3 Å². The van der Waals surface area contributed by atoms with Crippen LogP contribution in [0.15, 0.2) is 41.3 Å². The Labute approximate surface area is 164 Å². The Morgan fingerprint density at radius 2 is 1.85 bits per heavy atom. The van der Waals surface area contributed by atoms with E-state index in [0.29, 0.717) is 22.8 Å². The van der Waals surface area contributed by atoms with E-state index in [1.54, 1.807) is 24.3 Å². The van der Waals surface area contributed by atoms with Crippen LogP contribution in [-0.2, 0) is 28.6 Å². The molecule has 0 radical (unpaired) electrons. The lowest BCUT2D eigenvalue weighted by atomic mass is 9.92. The molecule has 4 nitrogen and oxygen atoms in total. The van der Waals surface area contributed by atoms with Crippen LogP contribution in [0.5, 0.6) is 5.75 Å². The van der Waals surface area contributed by atoms with Crippen molar-refractivity contribution in [3.05, 3.63) is 58.9 Å². The van der Waals surface area contributed by atoms with Crippen LogP contribution in [0.1, 0.15) is 29.5 Å². The first kappa shape index (κ1) is 20.2. The van der Waals surface area contributed by atoms with Crippen molar-refractivity contribution >= 4 is 21.8 Å². The number of hydrogen-bond acceptors (Lipinski definition) is 4.